The van der Waals surface area contributed by atoms with Crippen molar-refractivity contribution in [3.63, 3.8) is 0 Å². The van der Waals surface area contributed by atoms with Gasteiger partial charge in [0.15, 0.2) is 11.5 Å². The lowest BCUT2D eigenvalue weighted by Gasteiger charge is -2.29. The number of benzene rings is 1. The molecule has 0 radical (unpaired) electrons. The molecule has 5 nitrogen and oxygen atoms in total. The molecule has 1 aromatic rings. The first-order chi connectivity index (χ1) is 8.89. The smallest absolute Gasteiger partial charge is 0.322 e. The molecule has 1 aromatic carbocycles. The highest BCUT2D eigenvalue weighted by Gasteiger charge is 2.28. The second kappa shape index (κ2) is 6.43. The Labute approximate surface area is 113 Å². The van der Waals surface area contributed by atoms with Crippen LogP contribution in [0.15, 0.2) is 24.3 Å². The average Bonchev–Trinajstić information content (AvgIpc) is 2.37. The minimum absolute atomic E-state index is 0.345. The summed E-state index contributed by atoms with van der Waals surface area (Å²) < 4.78 is 15.7. The van der Waals surface area contributed by atoms with Gasteiger partial charge >= 0.3 is 5.97 Å². The third kappa shape index (κ3) is 4.44. The average molecular weight is 267 g/mol. The SMILES string of the molecule is COC(=O)C(N)CC(C)(C)Oc1ccccc1OC. The fourth-order valence-electron chi connectivity index (χ4n) is 1.81. The molecule has 0 aromatic heterocycles. The molecule has 0 amide bonds. The number of para-hydroxylation sites is 2. The van der Waals surface area contributed by atoms with E-state index in [4.69, 9.17) is 15.2 Å². The van der Waals surface area contributed by atoms with E-state index < -0.39 is 17.6 Å². The lowest BCUT2D eigenvalue weighted by atomic mass is 9.99. The number of carbonyl (C=O) groups excluding carboxylic acids is 1. The van der Waals surface area contributed by atoms with Crippen molar-refractivity contribution in [1.29, 1.82) is 0 Å². The van der Waals surface area contributed by atoms with E-state index in [1.165, 1.54) is 7.11 Å². The summed E-state index contributed by atoms with van der Waals surface area (Å²) in [4.78, 5) is 11.3. The first kappa shape index (κ1) is 15.3. The Bertz CT molecular complexity index is 431. The molecule has 1 atom stereocenters. The van der Waals surface area contributed by atoms with Gasteiger partial charge in [-0.3, -0.25) is 4.79 Å². The molecule has 0 aliphatic heterocycles. The molecule has 0 heterocycles. The summed E-state index contributed by atoms with van der Waals surface area (Å²) in [5, 5.41) is 0. The summed E-state index contributed by atoms with van der Waals surface area (Å²) in [6.07, 6.45) is 0.345. The molecule has 106 valence electrons. The van der Waals surface area contributed by atoms with Crippen LogP contribution in [0.1, 0.15) is 20.3 Å². The van der Waals surface area contributed by atoms with Gasteiger partial charge in [0.25, 0.3) is 0 Å². The van der Waals surface area contributed by atoms with Crippen molar-refractivity contribution in [3.8, 4) is 11.5 Å². The lowest BCUT2D eigenvalue weighted by molar-refractivity contribution is -0.143. The van der Waals surface area contributed by atoms with E-state index in [0.29, 0.717) is 17.9 Å². The molecule has 0 spiro atoms. The molecular weight excluding hydrogens is 246 g/mol. The zero-order valence-corrected chi connectivity index (χ0v) is 11.8. The van der Waals surface area contributed by atoms with E-state index in [1.807, 2.05) is 38.1 Å². The van der Waals surface area contributed by atoms with Crippen LogP contribution in [-0.4, -0.2) is 31.8 Å². The molecule has 0 bridgehead atoms. The maximum Gasteiger partial charge on any atom is 0.322 e. The lowest BCUT2D eigenvalue weighted by Crippen LogP contribution is -2.41. The molecule has 2 N–H and O–H groups in total. The highest BCUT2D eigenvalue weighted by molar-refractivity contribution is 5.75. The van der Waals surface area contributed by atoms with Crippen molar-refractivity contribution in [2.45, 2.75) is 31.9 Å². The third-order valence-electron chi connectivity index (χ3n) is 2.67. The summed E-state index contributed by atoms with van der Waals surface area (Å²) in [7, 11) is 2.89. The molecule has 5 heteroatoms. The third-order valence-corrected chi connectivity index (χ3v) is 2.67. The number of rotatable bonds is 6. The standard InChI is InChI=1S/C14H21NO4/c1-14(2,9-10(15)13(16)18-4)19-12-8-6-5-7-11(12)17-3/h5-8,10H,9,15H2,1-4H3. The van der Waals surface area contributed by atoms with Crippen molar-refractivity contribution in [2.24, 2.45) is 5.73 Å². The summed E-state index contributed by atoms with van der Waals surface area (Å²) in [6, 6.07) is 6.62. The van der Waals surface area contributed by atoms with Crippen molar-refractivity contribution in [1.82, 2.24) is 0 Å². The number of hydrogen-bond donors (Lipinski definition) is 1. The van der Waals surface area contributed by atoms with E-state index in [9.17, 15) is 4.79 Å². The predicted molar refractivity (Wildman–Crippen MR) is 72.3 cm³/mol. The van der Waals surface area contributed by atoms with Gasteiger partial charge in [-0.1, -0.05) is 12.1 Å². The van der Waals surface area contributed by atoms with E-state index >= 15 is 0 Å². The predicted octanol–water partition coefficient (Wildman–Crippen LogP) is 1.74. The van der Waals surface area contributed by atoms with Gasteiger partial charge in [-0.05, 0) is 26.0 Å². The first-order valence-corrected chi connectivity index (χ1v) is 6.05. The van der Waals surface area contributed by atoms with Crippen molar-refractivity contribution in [3.05, 3.63) is 24.3 Å². The quantitative estimate of drug-likeness (QED) is 0.795. The largest absolute Gasteiger partial charge is 0.493 e. The van der Waals surface area contributed by atoms with Crippen molar-refractivity contribution < 1.29 is 19.0 Å². The Balaban J connectivity index is 2.76. The van der Waals surface area contributed by atoms with Crippen LogP contribution < -0.4 is 15.2 Å². The van der Waals surface area contributed by atoms with E-state index in [2.05, 4.69) is 4.74 Å². The van der Waals surface area contributed by atoms with E-state index in [0.717, 1.165) is 0 Å². The van der Waals surface area contributed by atoms with Crippen LogP contribution in [-0.2, 0) is 9.53 Å². The minimum Gasteiger partial charge on any atom is -0.493 e. The Hall–Kier alpha value is -1.75. The van der Waals surface area contributed by atoms with Gasteiger partial charge in [0.1, 0.15) is 11.6 Å². The van der Waals surface area contributed by atoms with Gasteiger partial charge in [-0.2, -0.15) is 0 Å². The van der Waals surface area contributed by atoms with Crippen molar-refractivity contribution in [2.75, 3.05) is 14.2 Å². The van der Waals surface area contributed by atoms with Gasteiger partial charge in [0.05, 0.1) is 14.2 Å². The summed E-state index contributed by atoms with van der Waals surface area (Å²) in [5.74, 6) is 0.811. The number of ether oxygens (including phenoxy) is 3. The van der Waals surface area contributed by atoms with Gasteiger partial charge in [0, 0.05) is 6.42 Å². The van der Waals surface area contributed by atoms with Gasteiger partial charge in [-0.25, -0.2) is 0 Å². The molecule has 1 rings (SSSR count). The highest BCUT2D eigenvalue weighted by atomic mass is 16.5. The molecule has 0 aliphatic rings. The zero-order valence-electron chi connectivity index (χ0n) is 11.8. The van der Waals surface area contributed by atoms with Crippen LogP contribution in [0.25, 0.3) is 0 Å². The second-order valence-electron chi connectivity index (χ2n) is 4.85. The van der Waals surface area contributed by atoms with Gasteiger partial charge in [-0.15, -0.1) is 0 Å². The highest BCUT2D eigenvalue weighted by Crippen LogP contribution is 2.30. The molecule has 0 fully saturated rings. The topological polar surface area (TPSA) is 70.8 Å². The van der Waals surface area contributed by atoms with Crippen LogP contribution >= 0.6 is 0 Å². The first-order valence-electron chi connectivity index (χ1n) is 6.05. The van der Waals surface area contributed by atoms with Gasteiger partial charge < -0.3 is 19.9 Å². The molecule has 0 aliphatic carbocycles. The normalized spacial score (nSPS) is 12.7. The van der Waals surface area contributed by atoms with Crippen LogP contribution in [0.2, 0.25) is 0 Å². The van der Waals surface area contributed by atoms with E-state index in [1.54, 1.807) is 7.11 Å². The summed E-state index contributed by atoms with van der Waals surface area (Å²) in [5.41, 5.74) is 5.14. The molecule has 1 unspecified atom stereocenters. The van der Waals surface area contributed by atoms with Crippen LogP contribution in [0.5, 0.6) is 11.5 Å². The van der Waals surface area contributed by atoms with Crippen molar-refractivity contribution >= 4 is 5.97 Å². The molecule has 0 saturated heterocycles. The number of nitrogens with two attached hydrogens (primary N) is 1. The maximum atomic E-state index is 11.3. The Kier molecular flexibility index (Phi) is 5.18. The maximum absolute atomic E-state index is 11.3. The van der Waals surface area contributed by atoms with Gasteiger partial charge in [0.2, 0.25) is 0 Å². The van der Waals surface area contributed by atoms with Crippen LogP contribution in [0.4, 0.5) is 0 Å². The van der Waals surface area contributed by atoms with E-state index in [-0.39, 0.29) is 0 Å². The number of hydrogen-bond acceptors (Lipinski definition) is 5. The molecule has 19 heavy (non-hydrogen) atoms. The number of methoxy groups -OCH3 is 2. The molecular formula is C14H21NO4. The zero-order chi connectivity index (χ0) is 14.5. The number of carbonyl (C=O) groups is 1. The fourth-order valence-corrected chi connectivity index (χ4v) is 1.81. The van der Waals surface area contributed by atoms with Crippen LogP contribution in [0, 0.1) is 0 Å². The Morgan fingerprint density at radius 3 is 2.37 bits per heavy atom. The minimum atomic E-state index is -0.713. The summed E-state index contributed by atoms with van der Waals surface area (Å²) >= 11 is 0. The monoisotopic (exact) mass is 267 g/mol. The molecule has 0 saturated carbocycles. The Morgan fingerprint density at radius 1 is 1.26 bits per heavy atom. The second-order valence-corrected chi connectivity index (χ2v) is 4.85. The summed E-state index contributed by atoms with van der Waals surface area (Å²) in [6.45, 7) is 3.73. The van der Waals surface area contributed by atoms with Crippen LogP contribution in [0.3, 0.4) is 0 Å². The fraction of sp³-hybridized carbons (Fsp3) is 0.500. The Morgan fingerprint density at radius 2 is 1.84 bits per heavy atom. The number of esters is 1.